The molecule has 3 rings (SSSR count). The Morgan fingerprint density at radius 1 is 1.12 bits per heavy atom. The minimum absolute atomic E-state index is 0.821. The Morgan fingerprint density at radius 3 is 2.94 bits per heavy atom. The van der Waals surface area contributed by atoms with Gasteiger partial charge in [0.05, 0.1) is 0 Å². The van der Waals surface area contributed by atoms with Crippen LogP contribution >= 0.6 is 0 Å². The van der Waals surface area contributed by atoms with Crippen LogP contribution in [0.15, 0.2) is 12.2 Å². The molecule has 0 saturated heterocycles. The van der Waals surface area contributed by atoms with Gasteiger partial charge in [0.1, 0.15) is 0 Å². The van der Waals surface area contributed by atoms with Crippen LogP contribution in [0.2, 0.25) is 0 Å². The minimum atomic E-state index is 0.821. The van der Waals surface area contributed by atoms with Crippen LogP contribution in [-0.4, -0.2) is 12.1 Å². The van der Waals surface area contributed by atoms with Crippen molar-refractivity contribution in [1.82, 2.24) is 5.32 Å². The Labute approximate surface area is 99.7 Å². The van der Waals surface area contributed by atoms with E-state index in [-0.39, 0.29) is 0 Å². The molecule has 0 aliphatic heterocycles. The maximum atomic E-state index is 3.94. The van der Waals surface area contributed by atoms with Crippen molar-refractivity contribution in [2.24, 2.45) is 17.8 Å². The first-order valence-electron chi connectivity index (χ1n) is 7.25. The first-order chi connectivity index (χ1) is 7.83. The fourth-order valence-electron chi connectivity index (χ4n) is 3.86. The SMILES string of the molecule is CC1CCCC(NC2CC3CC=CC32)CC1. The molecule has 0 aromatic carbocycles. The van der Waals surface area contributed by atoms with Gasteiger partial charge < -0.3 is 5.32 Å². The largest absolute Gasteiger partial charge is 0.311 e. The van der Waals surface area contributed by atoms with Crippen molar-refractivity contribution in [3.8, 4) is 0 Å². The minimum Gasteiger partial charge on any atom is -0.311 e. The van der Waals surface area contributed by atoms with Gasteiger partial charge in [0, 0.05) is 12.1 Å². The fraction of sp³-hybridized carbons (Fsp3) is 0.867. The molecular formula is C15H25N. The van der Waals surface area contributed by atoms with Crippen LogP contribution in [0.1, 0.15) is 51.9 Å². The summed E-state index contributed by atoms with van der Waals surface area (Å²) in [4.78, 5) is 0. The summed E-state index contributed by atoms with van der Waals surface area (Å²) in [7, 11) is 0. The molecule has 0 heterocycles. The second kappa shape index (κ2) is 4.52. The second-order valence-electron chi connectivity index (χ2n) is 6.32. The molecule has 16 heavy (non-hydrogen) atoms. The maximum absolute atomic E-state index is 3.94. The lowest BCUT2D eigenvalue weighted by molar-refractivity contribution is 0.146. The van der Waals surface area contributed by atoms with Crippen LogP contribution in [0.5, 0.6) is 0 Å². The van der Waals surface area contributed by atoms with E-state index in [2.05, 4.69) is 24.4 Å². The quantitative estimate of drug-likeness (QED) is 0.553. The highest BCUT2D eigenvalue weighted by Crippen LogP contribution is 2.43. The van der Waals surface area contributed by atoms with Crippen LogP contribution in [0, 0.1) is 17.8 Å². The predicted octanol–water partition coefficient (Wildman–Crippen LogP) is 3.51. The second-order valence-corrected chi connectivity index (χ2v) is 6.32. The van der Waals surface area contributed by atoms with E-state index in [1.54, 1.807) is 0 Å². The molecule has 3 aliphatic carbocycles. The van der Waals surface area contributed by atoms with E-state index in [9.17, 15) is 0 Å². The Morgan fingerprint density at radius 2 is 2.06 bits per heavy atom. The maximum Gasteiger partial charge on any atom is 0.0138 e. The van der Waals surface area contributed by atoms with E-state index in [0.717, 1.165) is 29.8 Å². The number of hydrogen-bond donors (Lipinski definition) is 1. The third kappa shape index (κ3) is 2.07. The summed E-state index contributed by atoms with van der Waals surface area (Å²) in [6.45, 7) is 2.42. The van der Waals surface area contributed by atoms with Crippen molar-refractivity contribution >= 4 is 0 Å². The van der Waals surface area contributed by atoms with Crippen LogP contribution in [-0.2, 0) is 0 Å². The van der Waals surface area contributed by atoms with Gasteiger partial charge in [-0.15, -0.1) is 0 Å². The van der Waals surface area contributed by atoms with Crippen LogP contribution < -0.4 is 5.32 Å². The van der Waals surface area contributed by atoms with E-state index in [0.29, 0.717) is 0 Å². The lowest BCUT2D eigenvalue weighted by Gasteiger charge is -2.42. The number of rotatable bonds is 2. The molecule has 5 unspecified atom stereocenters. The molecule has 1 heteroatoms. The molecule has 1 nitrogen and oxygen atoms in total. The standard InChI is InChI=1S/C15H25N/c1-11-4-2-6-13(9-8-11)16-15-10-12-5-3-7-14(12)15/h3,7,11-16H,2,4-6,8-10H2,1H3. The van der Waals surface area contributed by atoms with Gasteiger partial charge >= 0.3 is 0 Å². The molecule has 5 atom stereocenters. The molecule has 0 spiro atoms. The highest BCUT2D eigenvalue weighted by atomic mass is 15.0. The van der Waals surface area contributed by atoms with Crippen molar-refractivity contribution in [3.63, 3.8) is 0 Å². The topological polar surface area (TPSA) is 12.0 Å². The van der Waals surface area contributed by atoms with E-state index in [1.807, 2.05) is 0 Å². The number of hydrogen-bond acceptors (Lipinski definition) is 1. The smallest absolute Gasteiger partial charge is 0.0138 e. The van der Waals surface area contributed by atoms with Gasteiger partial charge in [-0.3, -0.25) is 0 Å². The number of allylic oxidation sites excluding steroid dienone is 1. The molecule has 2 fully saturated rings. The lowest BCUT2D eigenvalue weighted by atomic mass is 9.71. The highest BCUT2D eigenvalue weighted by Gasteiger charge is 2.41. The van der Waals surface area contributed by atoms with Gasteiger partial charge in [0.2, 0.25) is 0 Å². The summed E-state index contributed by atoms with van der Waals surface area (Å²) in [5.74, 6) is 2.86. The number of fused-ring (bicyclic) bond motifs is 1. The highest BCUT2D eigenvalue weighted by molar-refractivity contribution is 5.13. The summed E-state index contributed by atoms with van der Waals surface area (Å²) >= 11 is 0. The average Bonchev–Trinajstić information content (AvgIpc) is 2.50. The summed E-state index contributed by atoms with van der Waals surface area (Å²) in [5.41, 5.74) is 0. The van der Waals surface area contributed by atoms with Crippen molar-refractivity contribution in [2.75, 3.05) is 0 Å². The van der Waals surface area contributed by atoms with Crippen LogP contribution in [0.3, 0.4) is 0 Å². The van der Waals surface area contributed by atoms with Crippen LogP contribution in [0.25, 0.3) is 0 Å². The van der Waals surface area contributed by atoms with Crippen molar-refractivity contribution < 1.29 is 0 Å². The number of nitrogens with one attached hydrogen (secondary N) is 1. The predicted molar refractivity (Wildman–Crippen MR) is 68.3 cm³/mol. The summed E-state index contributed by atoms with van der Waals surface area (Å²) in [6, 6.07) is 1.65. The molecule has 3 aliphatic rings. The van der Waals surface area contributed by atoms with Gasteiger partial charge in [-0.05, 0) is 49.9 Å². The third-order valence-corrected chi connectivity index (χ3v) is 5.07. The summed E-state index contributed by atoms with van der Waals surface area (Å²) < 4.78 is 0. The van der Waals surface area contributed by atoms with Crippen molar-refractivity contribution in [1.29, 1.82) is 0 Å². The molecule has 2 saturated carbocycles. The van der Waals surface area contributed by atoms with Crippen molar-refractivity contribution in [3.05, 3.63) is 12.2 Å². The Hall–Kier alpha value is -0.300. The molecule has 0 amide bonds. The first kappa shape index (κ1) is 10.8. The fourth-order valence-corrected chi connectivity index (χ4v) is 3.86. The monoisotopic (exact) mass is 219 g/mol. The van der Waals surface area contributed by atoms with E-state index < -0.39 is 0 Å². The van der Waals surface area contributed by atoms with E-state index >= 15 is 0 Å². The summed E-state index contributed by atoms with van der Waals surface area (Å²) in [5, 5.41) is 3.94. The zero-order chi connectivity index (χ0) is 11.0. The Kier molecular flexibility index (Phi) is 3.06. The molecule has 1 N–H and O–H groups in total. The Bertz CT molecular complexity index is 271. The van der Waals surface area contributed by atoms with Gasteiger partial charge in [-0.2, -0.15) is 0 Å². The molecule has 0 aromatic rings. The normalized spacial score (nSPS) is 47.2. The van der Waals surface area contributed by atoms with Gasteiger partial charge in [0.25, 0.3) is 0 Å². The Balaban J connectivity index is 1.49. The zero-order valence-electron chi connectivity index (χ0n) is 10.5. The molecular weight excluding hydrogens is 194 g/mol. The molecule has 90 valence electrons. The van der Waals surface area contributed by atoms with Crippen molar-refractivity contribution in [2.45, 2.75) is 64.0 Å². The van der Waals surface area contributed by atoms with Gasteiger partial charge in [-0.1, -0.05) is 31.9 Å². The van der Waals surface area contributed by atoms with Gasteiger partial charge in [-0.25, -0.2) is 0 Å². The van der Waals surface area contributed by atoms with E-state index in [1.165, 1.54) is 44.9 Å². The van der Waals surface area contributed by atoms with Gasteiger partial charge in [0.15, 0.2) is 0 Å². The average molecular weight is 219 g/mol. The van der Waals surface area contributed by atoms with Crippen LogP contribution in [0.4, 0.5) is 0 Å². The first-order valence-corrected chi connectivity index (χ1v) is 7.25. The third-order valence-electron chi connectivity index (χ3n) is 5.07. The zero-order valence-corrected chi connectivity index (χ0v) is 10.5. The lowest BCUT2D eigenvalue weighted by Crippen LogP contribution is -2.51. The molecule has 0 radical (unpaired) electrons. The summed E-state index contributed by atoms with van der Waals surface area (Å²) in [6.07, 6.45) is 14.8. The van der Waals surface area contributed by atoms with E-state index in [4.69, 9.17) is 0 Å². The molecule has 0 aromatic heterocycles. The molecule has 0 bridgehead atoms.